The third-order valence-electron chi connectivity index (χ3n) is 5.20. The molecule has 2 aromatic heterocycles. The smallest absolute Gasteiger partial charge is 0.259 e. The van der Waals surface area contributed by atoms with Crippen LogP contribution >= 0.6 is 0 Å². The number of ether oxygens (including phenoxy) is 1. The second-order valence-corrected chi connectivity index (χ2v) is 7.15. The van der Waals surface area contributed by atoms with E-state index in [1.165, 1.54) is 6.20 Å². The van der Waals surface area contributed by atoms with Crippen LogP contribution in [0.25, 0.3) is 0 Å². The Hall–Kier alpha value is -2.48. The van der Waals surface area contributed by atoms with Crippen molar-refractivity contribution in [2.24, 2.45) is 5.41 Å². The number of amides is 1. The zero-order valence-electron chi connectivity index (χ0n) is 14.9. The molecule has 0 bridgehead atoms. The van der Waals surface area contributed by atoms with E-state index >= 15 is 0 Å². The first-order chi connectivity index (χ1) is 12.7. The molecule has 2 aromatic rings. The van der Waals surface area contributed by atoms with Gasteiger partial charge in [-0.3, -0.25) is 4.79 Å². The average molecular weight is 357 g/mol. The Morgan fingerprint density at radius 1 is 1.23 bits per heavy atom. The van der Waals surface area contributed by atoms with Gasteiger partial charge in [-0.05, 0) is 25.8 Å². The molecule has 0 N–H and O–H groups in total. The summed E-state index contributed by atoms with van der Waals surface area (Å²) in [7, 11) is 0. The van der Waals surface area contributed by atoms with Crippen molar-refractivity contribution >= 4 is 11.9 Å². The normalized spacial score (nSPS) is 23.9. The van der Waals surface area contributed by atoms with Gasteiger partial charge in [-0.1, -0.05) is 5.16 Å². The lowest BCUT2D eigenvalue weighted by atomic mass is 9.80. The van der Waals surface area contributed by atoms with Crippen molar-refractivity contribution in [3.63, 3.8) is 0 Å². The molecule has 2 aliphatic heterocycles. The molecule has 0 aliphatic carbocycles. The topological polar surface area (TPSA) is 84.6 Å². The molecular formula is C18H23N5O3. The molecule has 1 spiro atoms. The number of aryl methyl sites for hydroxylation is 1. The largest absolute Gasteiger partial charge is 0.379 e. The van der Waals surface area contributed by atoms with E-state index in [-0.39, 0.29) is 11.3 Å². The van der Waals surface area contributed by atoms with E-state index in [2.05, 4.69) is 20.0 Å². The number of carbonyl (C=O) groups excluding carboxylic acids is 1. The first-order valence-corrected chi connectivity index (χ1v) is 8.97. The SMILES string of the molecule is Cc1oncc1C(=O)N1CCCC2(COCCN(c3ncccn3)C2)C1. The Morgan fingerprint density at radius 3 is 2.85 bits per heavy atom. The lowest BCUT2D eigenvalue weighted by Crippen LogP contribution is -2.52. The van der Waals surface area contributed by atoms with Crippen molar-refractivity contribution in [2.45, 2.75) is 19.8 Å². The van der Waals surface area contributed by atoms with Gasteiger partial charge in [0.15, 0.2) is 0 Å². The van der Waals surface area contributed by atoms with Crippen LogP contribution in [0.2, 0.25) is 0 Å². The maximum absolute atomic E-state index is 12.9. The molecule has 1 atom stereocenters. The standard InChI is InChI=1S/C18H23N5O3/c1-14-15(10-21-26-14)16(24)22-7-2-4-18(11-22)12-23(8-9-25-13-18)17-19-5-3-6-20-17/h3,5-6,10H,2,4,7-9,11-13H2,1H3. The van der Waals surface area contributed by atoms with Crippen LogP contribution in [0.15, 0.2) is 29.2 Å². The van der Waals surface area contributed by atoms with Crippen molar-refractivity contribution in [3.8, 4) is 0 Å². The van der Waals surface area contributed by atoms with Gasteiger partial charge >= 0.3 is 0 Å². The zero-order chi connectivity index (χ0) is 18.0. The van der Waals surface area contributed by atoms with Crippen LogP contribution in [0, 0.1) is 12.3 Å². The highest BCUT2D eigenvalue weighted by molar-refractivity contribution is 5.94. The predicted octanol–water partition coefficient (Wildman–Crippen LogP) is 1.53. The second kappa shape index (κ2) is 7.03. The van der Waals surface area contributed by atoms with Gasteiger partial charge in [-0.15, -0.1) is 0 Å². The monoisotopic (exact) mass is 357 g/mol. The lowest BCUT2D eigenvalue weighted by Gasteiger charge is -2.43. The van der Waals surface area contributed by atoms with Crippen LogP contribution in [0.4, 0.5) is 5.95 Å². The number of aromatic nitrogens is 3. The Balaban J connectivity index is 1.54. The minimum absolute atomic E-state index is 0.0189. The van der Waals surface area contributed by atoms with E-state index in [1.54, 1.807) is 19.3 Å². The number of nitrogens with zero attached hydrogens (tertiary/aromatic N) is 5. The Morgan fingerprint density at radius 2 is 2.08 bits per heavy atom. The van der Waals surface area contributed by atoms with Crippen molar-refractivity contribution in [2.75, 3.05) is 44.3 Å². The number of anilines is 1. The first kappa shape index (κ1) is 17.0. The molecular weight excluding hydrogens is 334 g/mol. The van der Waals surface area contributed by atoms with Crippen molar-refractivity contribution in [1.29, 1.82) is 0 Å². The molecule has 0 saturated carbocycles. The van der Waals surface area contributed by atoms with E-state index in [9.17, 15) is 4.79 Å². The fourth-order valence-electron chi connectivity index (χ4n) is 3.92. The van der Waals surface area contributed by atoms with E-state index in [4.69, 9.17) is 9.26 Å². The van der Waals surface area contributed by atoms with Gasteiger partial charge in [0, 0.05) is 44.0 Å². The van der Waals surface area contributed by atoms with Gasteiger partial charge < -0.3 is 19.1 Å². The molecule has 1 unspecified atom stereocenters. The number of piperidine rings is 1. The van der Waals surface area contributed by atoms with Crippen LogP contribution in [0.5, 0.6) is 0 Å². The van der Waals surface area contributed by atoms with E-state index in [0.29, 0.717) is 31.1 Å². The molecule has 138 valence electrons. The third-order valence-corrected chi connectivity index (χ3v) is 5.20. The fraction of sp³-hybridized carbons (Fsp3) is 0.556. The van der Waals surface area contributed by atoms with Gasteiger partial charge in [0.2, 0.25) is 5.95 Å². The molecule has 26 heavy (non-hydrogen) atoms. The number of likely N-dealkylation sites (tertiary alicyclic amines) is 1. The molecule has 2 fully saturated rings. The molecule has 8 nitrogen and oxygen atoms in total. The molecule has 0 radical (unpaired) electrons. The Kier molecular flexibility index (Phi) is 4.58. The quantitative estimate of drug-likeness (QED) is 0.806. The highest BCUT2D eigenvalue weighted by Crippen LogP contribution is 2.34. The summed E-state index contributed by atoms with van der Waals surface area (Å²) < 4.78 is 11.0. The van der Waals surface area contributed by atoms with Gasteiger partial charge in [-0.2, -0.15) is 0 Å². The molecule has 4 rings (SSSR count). The zero-order valence-corrected chi connectivity index (χ0v) is 14.9. The molecule has 8 heteroatoms. The van der Waals surface area contributed by atoms with Crippen LogP contribution < -0.4 is 4.90 Å². The summed E-state index contributed by atoms with van der Waals surface area (Å²) in [6.45, 7) is 5.98. The highest BCUT2D eigenvalue weighted by atomic mass is 16.5. The van der Waals surface area contributed by atoms with Crippen LogP contribution in [0.3, 0.4) is 0 Å². The Labute approximate surface area is 152 Å². The summed E-state index contributed by atoms with van der Waals surface area (Å²) in [5.74, 6) is 1.26. The van der Waals surface area contributed by atoms with Crippen molar-refractivity contribution < 1.29 is 14.1 Å². The summed E-state index contributed by atoms with van der Waals surface area (Å²) >= 11 is 0. The maximum atomic E-state index is 12.9. The highest BCUT2D eigenvalue weighted by Gasteiger charge is 2.41. The molecule has 2 aliphatic rings. The summed E-state index contributed by atoms with van der Waals surface area (Å²) in [5, 5.41) is 3.74. The van der Waals surface area contributed by atoms with Gasteiger partial charge in [0.05, 0.1) is 19.4 Å². The fourth-order valence-corrected chi connectivity index (χ4v) is 3.92. The molecule has 4 heterocycles. The number of hydrogen-bond acceptors (Lipinski definition) is 7. The average Bonchev–Trinajstić information content (AvgIpc) is 3.00. The summed E-state index contributed by atoms with van der Waals surface area (Å²) in [5.41, 5.74) is 0.425. The van der Waals surface area contributed by atoms with Crippen LogP contribution in [-0.4, -0.2) is 65.3 Å². The minimum Gasteiger partial charge on any atom is -0.379 e. The summed E-state index contributed by atoms with van der Waals surface area (Å²) in [6.07, 6.45) is 6.98. The van der Waals surface area contributed by atoms with E-state index < -0.39 is 0 Å². The molecule has 0 aromatic carbocycles. The van der Waals surface area contributed by atoms with Crippen LogP contribution in [0.1, 0.15) is 29.0 Å². The van der Waals surface area contributed by atoms with Gasteiger partial charge in [0.1, 0.15) is 11.3 Å². The van der Waals surface area contributed by atoms with E-state index in [0.717, 1.165) is 38.4 Å². The minimum atomic E-state index is -0.116. The van der Waals surface area contributed by atoms with Crippen molar-refractivity contribution in [3.05, 3.63) is 36.0 Å². The summed E-state index contributed by atoms with van der Waals surface area (Å²) in [6, 6.07) is 1.82. The Bertz CT molecular complexity index is 765. The maximum Gasteiger partial charge on any atom is 0.259 e. The van der Waals surface area contributed by atoms with E-state index in [1.807, 2.05) is 11.0 Å². The van der Waals surface area contributed by atoms with Crippen LogP contribution in [-0.2, 0) is 4.74 Å². The molecule has 2 saturated heterocycles. The lowest BCUT2D eigenvalue weighted by molar-refractivity contribution is 0.0134. The van der Waals surface area contributed by atoms with Gasteiger partial charge in [0.25, 0.3) is 5.91 Å². The number of hydrogen-bond donors (Lipinski definition) is 0. The number of carbonyl (C=O) groups is 1. The predicted molar refractivity (Wildman–Crippen MR) is 93.9 cm³/mol. The van der Waals surface area contributed by atoms with Gasteiger partial charge in [-0.25, -0.2) is 9.97 Å². The second-order valence-electron chi connectivity index (χ2n) is 7.15. The number of rotatable bonds is 2. The first-order valence-electron chi connectivity index (χ1n) is 8.97. The molecule has 1 amide bonds. The third kappa shape index (κ3) is 3.29. The summed E-state index contributed by atoms with van der Waals surface area (Å²) in [4.78, 5) is 25.7. The van der Waals surface area contributed by atoms with Crippen molar-refractivity contribution in [1.82, 2.24) is 20.0 Å².